The first-order valence-electron chi connectivity index (χ1n) is 6.84. The van der Waals surface area contributed by atoms with E-state index in [9.17, 15) is 14.9 Å². The monoisotopic (exact) mass is 303 g/mol. The molecule has 8 heteroatoms. The Balaban J connectivity index is 2.07. The number of benzene rings is 1. The molecule has 0 spiro atoms. The summed E-state index contributed by atoms with van der Waals surface area (Å²) in [6.07, 6.45) is 1.19. The molecule has 1 aromatic heterocycles. The molecule has 0 atom stereocenters. The van der Waals surface area contributed by atoms with Crippen LogP contribution in [0.3, 0.4) is 0 Å². The Morgan fingerprint density at radius 2 is 2.05 bits per heavy atom. The van der Waals surface area contributed by atoms with E-state index in [2.05, 4.69) is 10.1 Å². The van der Waals surface area contributed by atoms with Gasteiger partial charge >= 0.3 is 5.95 Å². The molecule has 0 bridgehead atoms. The summed E-state index contributed by atoms with van der Waals surface area (Å²) in [5.74, 6) is -0.675. The molecule has 0 aliphatic carbocycles. The van der Waals surface area contributed by atoms with Crippen LogP contribution in [-0.4, -0.2) is 36.5 Å². The molecule has 116 valence electrons. The fourth-order valence-electron chi connectivity index (χ4n) is 2.01. The topological polar surface area (TPSA) is 94.2 Å². The van der Waals surface area contributed by atoms with Crippen LogP contribution in [0, 0.1) is 10.1 Å². The lowest BCUT2D eigenvalue weighted by Gasteiger charge is -2.26. The van der Waals surface area contributed by atoms with Gasteiger partial charge in [0.1, 0.15) is 6.54 Å². The van der Waals surface area contributed by atoms with Crippen LogP contribution in [0.5, 0.6) is 0 Å². The van der Waals surface area contributed by atoms with Crippen molar-refractivity contribution in [2.24, 2.45) is 0 Å². The van der Waals surface area contributed by atoms with Crippen molar-refractivity contribution in [3.8, 4) is 0 Å². The Labute approximate surface area is 127 Å². The molecule has 1 aromatic carbocycles. The minimum Gasteiger partial charge on any atom is -0.390 e. The molecule has 22 heavy (non-hydrogen) atoms. The van der Waals surface area contributed by atoms with Crippen molar-refractivity contribution in [2.45, 2.75) is 33.0 Å². The van der Waals surface area contributed by atoms with E-state index in [0.717, 1.165) is 5.56 Å². The number of rotatable bonds is 6. The molecule has 1 heterocycles. The van der Waals surface area contributed by atoms with Crippen LogP contribution in [-0.2, 0) is 17.9 Å². The van der Waals surface area contributed by atoms with Crippen molar-refractivity contribution < 1.29 is 9.72 Å². The predicted molar refractivity (Wildman–Crippen MR) is 78.8 cm³/mol. The number of hydrogen-bond donors (Lipinski definition) is 0. The molecule has 0 radical (unpaired) electrons. The second-order valence-electron chi connectivity index (χ2n) is 5.10. The van der Waals surface area contributed by atoms with E-state index in [4.69, 9.17) is 0 Å². The van der Waals surface area contributed by atoms with Crippen LogP contribution in [0.1, 0.15) is 19.4 Å². The number of amides is 1. The highest BCUT2D eigenvalue weighted by Gasteiger charge is 2.21. The van der Waals surface area contributed by atoms with Gasteiger partial charge in [-0.2, -0.15) is 4.68 Å². The summed E-state index contributed by atoms with van der Waals surface area (Å²) in [5.41, 5.74) is 1.02. The zero-order valence-corrected chi connectivity index (χ0v) is 12.4. The van der Waals surface area contributed by atoms with Gasteiger partial charge in [0, 0.05) is 17.7 Å². The molecule has 2 rings (SSSR count). The van der Waals surface area contributed by atoms with Crippen molar-refractivity contribution in [1.82, 2.24) is 19.7 Å². The van der Waals surface area contributed by atoms with E-state index in [1.165, 1.54) is 11.0 Å². The maximum atomic E-state index is 12.4. The molecule has 0 N–H and O–H groups in total. The first kappa shape index (κ1) is 15.6. The highest BCUT2D eigenvalue weighted by atomic mass is 16.6. The number of carbonyl (C=O) groups excluding carboxylic acids is 1. The number of nitrogens with zero attached hydrogens (tertiary/aromatic N) is 5. The van der Waals surface area contributed by atoms with Gasteiger partial charge in [-0.15, -0.1) is 0 Å². The third-order valence-electron chi connectivity index (χ3n) is 3.12. The minimum atomic E-state index is -0.689. The molecule has 8 nitrogen and oxygen atoms in total. The van der Waals surface area contributed by atoms with Gasteiger partial charge in [0.15, 0.2) is 0 Å². The van der Waals surface area contributed by atoms with Crippen LogP contribution >= 0.6 is 0 Å². The van der Waals surface area contributed by atoms with Crippen LogP contribution < -0.4 is 0 Å². The number of aromatic nitrogens is 3. The lowest BCUT2D eigenvalue weighted by atomic mass is 10.2. The van der Waals surface area contributed by atoms with Gasteiger partial charge in [-0.3, -0.25) is 4.79 Å². The summed E-state index contributed by atoms with van der Waals surface area (Å²) in [7, 11) is 0. The second-order valence-corrected chi connectivity index (χ2v) is 5.10. The Bertz CT molecular complexity index is 654. The third kappa shape index (κ3) is 3.87. The summed E-state index contributed by atoms with van der Waals surface area (Å²) >= 11 is 0. The number of hydrogen-bond acceptors (Lipinski definition) is 5. The summed E-state index contributed by atoms with van der Waals surface area (Å²) in [6, 6.07) is 9.65. The zero-order valence-electron chi connectivity index (χ0n) is 12.4. The van der Waals surface area contributed by atoms with E-state index >= 15 is 0 Å². The SMILES string of the molecule is CC(C)N(Cc1ccccc1)C(=O)Cn1cnc([N+](=O)[O-])n1. The van der Waals surface area contributed by atoms with Crippen LogP contribution in [0.4, 0.5) is 5.95 Å². The van der Waals surface area contributed by atoms with Gasteiger partial charge in [-0.25, -0.2) is 0 Å². The van der Waals surface area contributed by atoms with E-state index in [1.807, 2.05) is 44.2 Å². The summed E-state index contributed by atoms with van der Waals surface area (Å²) in [6.45, 7) is 4.25. The van der Waals surface area contributed by atoms with Crippen LogP contribution in [0.2, 0.25) is 0 Å². The molecule has 2 aromatic rings. The van der Waals surface area contributed by atoms with Gasteiger partial charge < -0.3 is 15.0 Å². The molecule has 0 fully saturated rings. The molecule has 0 unspecified atom stereocenters. The Morgan fingerprint density at radius 3 is 2.59 bits per heavy atom. The average Bonchev–Trinajstić information content (AvgIpc) is 2.94. The molecule has 0 saturated heterocycles. The number of carbonyl (C=O) groups is 1. The highest BCUT2D eigenvalue weighted by molar-refractivity contribution is 5.76. The van der Waals surface area contributed by atoms with Crippen molar-refractivity contribution in [3.05, 3.63) is 52.3 Å². The minimum absolute atomic E-state index is 0.00575. The first-order valence-corrected chi connectivity index (χ1v) is 6.84. The van der Waals surface area contributed by atoms with Crippen molar-refractivity contribution >= 4 is 11.9 Å². The van der Waals surface area contributed by atoms with Crippen molar-refractivity contribution in [3.63, 3.8) is 0 Å². The fraction of sp³-hybridized carbons (Fsp3) is 0.357. The van der Waals surface area contributed by atoms with Crippen LogP contribution in [0.15, 0.2) is 36.7 Å². The molecular formula is C14H17N5O3. The molecule has 0 aliphatic rings. The Kier molecular flexibility index (Phi) is 4.82. The average molecular weight is 303 g/mol. The Morgan fingerprint density at radius 1 is 1.36 bits per heavy atom. The van der Waals surface area contributed by atoms with Crippen LogP contribution in [0.25, 0.3) is 0 Å². The van der Waals surface area contributed by atoms with Gasteiger partial charge in [-0.1, -0.05) is 35.3 Å². The van der Waals surface area contributed by atoms with Crippen molar-refractivity contribution in [2.75, 3.05) is 0 Å². The lowest BCUT2D eigenvalue weighted by Crippen LogP contribution is -2.38. The van der Waals surface area contributed by atoms with Gasteiger partial charge in [0.05, 0.1) is 0 Å². The zero-order chi connectivity index (χ0) is 16.1. The largest absolute Gasteiger partial charge is 0.490 e. The maximum Gasteiger partial charge on any atom is 0.490 e. The Hall–Kier alpha value is -2.77. The lowest BCUT2D eigenvalue weighted by molar-refractivity contribution is -0.394. The first-order chi connectivity index (χ1) is 10.5. The quantitative estimate of drug-likeness (QED) is 0.597. The van der Waals surface area contributed by atoms with Gasteiger partial charge in [0.25, 0.3) is 0 Å². The number of nitro groups is 1. The molecule has 1 amide bonds. The van der Waals surface area contributed by atoms with E-state index < -0.39 is 10.9 Å². The third-order valence-corrected chi connectivity index (χ3v) is 3.12. The predicted octanol–water partition coefficient (Wildman–Crippen LogP) is 1.62. The molecule has 0 saturated carbocycles. The van der Waals surface area contributed by atoms with Gasteiger partial charge in [0.2, 0.25) is 12.2 Å². The van der Waals surface area contributed by atoms with E-state index in [0.29, 0.717) is 6.54 Å². The fourth-order valence-corrected chi connectivity index (χ4v) is 2.01. The molecule has 0 aliphatic heterocycles. The maximum absolute atomic E-state index is 12.4. The van der Waals surface area contributed by atoms with E-state index in [1.54, 1.807) is 4.90 Å². The molecular weight excluding hydrogens is 286 g/mol. The summed E-state index contributed by atoms with van der Waals surface area (Å²) in [5, 5.41) is 14.2. The van der Waals surface area contributed by atoms with Crippen molar-refractivity contribution in [1.29, 1.82) is 0 Å². The highest BCUT2D eigenvalue weighted by Crippen LogP contribution is 2.10. The summed E-state index contributed by atoms with van der Waals surface area (Å²) in [4.78, 5) is 27.5. The standard InChI is InChI=1S/C14H17N5O3/c1-11(2)18(8-12-6-4-3-5-7-12)13(20)9-17-10-15-14(16-17)19(21)22/h3-7,10-11H,8-9H2,1-2H3. The van der Waals surface area contributed by atoms with Gasteiger partial charge in [-0.05, 0) is 24.3 Å². The van der Waals surface area contributed by atoms with E-state index in [-0.39, 0.29) is 18.5 Å². The normalized spacial score (nSPS) is 10.7. The summed E-state index contributed by atoms with van der Waals surface area (Å²) < 4.78 is 1.18. The smallest absolute Gasteiger partial charge is 0.390 e. The second kappa shape index (κ2) is 6.79.